The van der Waals surface area contributed by atoms with Crippen molar-refractivity contribution in [2.75, 3.05) is 18.8 Å². The number of ether oxygens (including phenoxy) is 1. The molecule has 0 aliphatic carbocycles. The summed E-state index contributed by atoms with van der Waals surface area (Å²) in [4.78, 5) is 14.5. The predicted molar refractivity (Wildman–Crippen MR) is 101 cm³/mol. The molecule has 0 N–H and O–H groups in total. The maximum Gasteiger partial charge on any atom is 0.263 e. The molecule has 1 unspecified atom stereocenters. The Labute approximate surface area is 153 Å². The Morgan fingerprint density at radius 3 is 2.68 bits per heavy atom. The lowest BCUT2D eigenvalue weighted by Gasteiger charge is -2.33. The average molecular weight is 359 g/mol. The van der Waals surface area contributed by atoms with Crippen LogP contribution in [-0.2, 0) is 10.5 Å². The molecule has 0 saturated carbocycles. The van der Waals surface area contributed by atoms with Gasteiger partial charge >= 0.3 is 0 Å². The molecule has 0 radical (unpaired) electrons. The number of nitrogens with zero attached hydrogens (tertiary/aromatic N) is 1. The molecule has 1 atom stereocenters. The molecule has 2 aromatic rings. The number of likely N-dealkylation sites (tertiary alicyclic amines) is 1. The number of furan rings is 1. The molecule has 2 heterocycles. The largest absolute Gasteiger partial charge is 0.481 e. The Morgan fingerprint density at radius 2 is 2.00 bits per heavy atom. The smallest absolute Gasteiger partial charge is 0.263 e. The van der Waals surface area contributed by atoms with Gasteiger partial charge in [-0.2, -0.15) is 11.8 Å². The second kappa shape index (κ2) is 8.99. The minimum Gasteiger partial charge on any atom is -0.481 e. The van der Waals surface area contributed by atoms with Crippen LogP contribution in [0, 0.1) is 5.92 Å². The van der Waals surface area contributed by atoms with Crippen molar-refractivity contribution in [1.82, 2.24) is 4.90 Å². The monoisotopic (exact) mass is 359 g/mol. The fraction of sp³-hybridized carbons (Fsp3) is 0.450. The molecule has 1 aromatic heterocycles. The van der Waals surface area contributed by atoms with Gasteiger partial charge in [0, 0.05) is 13.1 Å². The van der Waals surface area contributed by atoms with Crippen molar-refractivity contribution in [3.8, 4) is 5.75 Å². The summed E-state index contributed by atoms with van der Waals surface area (Å²) in [5.74, 6) is 4.59. The van der Waals surface area contributed by atoms with Gasteiger partial charge in [0.1, 0.15) is 11.5 Å². The zero-order valence-electron chi connectivity index (χ0n) is 14.6. The van der Waals surface area contributed by atoms with Gasteiger partial charge in [-0.05, 0) is 55.7 Å². The minimum atomic E-state index is -0.438. The number of benzene rings is 1. The molecule has 4 nitrogen and oxygen atoms in total. The normalized spacial score (nSPS) is 16.6. The Balaban J connectivity index is 1.38. The highest BCUT2D eigenvalue weighted by atomic mass is 32.2. The summed E-state index contributed by atoms with van der Waals surface area (Å²) < 4.78 is 11.1. The number of amides is 1. The van der Waals surface area contributed by atoms with Crippen molar-refractivity contribution in [2.45, 2.75) is 31.6 Å². The molecular weight excluding hydrogens is 334 g/mol. The number of para-hydroxylation sites is 1. The molecule has 134 valence electrons. The van der Waals surface area contributed by atoms with Gasteiger partial charge in [0.2, 0.25) is 0 Å². The summed E-state index contributed by atoms with van der Waals surface area (Å²) in [5.41, 5.74) is 0. The van der Waals surface area contributed by atoms with Gasteiger partial charge in [-0.1, -0.05) is 18.2 Å². The van der Waals surface area contributed by atoms with Crippen molar-refractivity contribution in [3.05, 3.63) is 54.5 Å². The Morgan fingerprint density at radius 1 is 1.24 bits per heavy atom. The number of piperidine rings is 1. The summed E-state index contributed by atoms with van der Waals surface area (Å²) in [6.45, 7) is 3.49. The zero-order valence-corrected chi connectivity index (χ0v) is 15.4. The standard InChI is InChI=1S/C20H25NO3S/c1-16(24-18-6-3-2-4-7-18)20(22)21-11-9-17(10-12-21)14-25-15-19-8-5-13-23-19/h2-8,13,16-17H,9-12,14-15H2,1H3. The maximum atomic E-state index is 12.6. The van der Waals surface area contributed by atoms with E-state index in [1.165, 1.54) is 0 Å². The lowest BCUT2D eigenvalue weighted by atomic mass is 9.98. The third kappa shape index (κ3) is 5.30. The summed E-state index contributed by atoms with van der Waals surface area (Å²) >= 11 is 1.91. The summed E-state index contributed by atoms with van der Waals surface area (Å²) in [6.07, 6.45) is 3.41. The van der Waals surface area contributed by atoms with Crippen LogP contribution < -0.4 is 4.74 Å². The lowest BCUT2D eigenvalue weighted by Crippen LogP contribution is -2.45. The first-order valence-electron chi connectivity index (χ1n) is 8.83. The van der Waals surface area contributed by atoms with Gasteiger partial charge < -0.3 is 14.1 Å². The first kappa shape index (κ1) is 17.9. The van der Waals surface area contributed by atoms with Crippen LogP contribution in [0.25, 0.3) is 0 Å². The van der Waals surface area contributed by atoms with E-state index in [1.54, 1.807) is 6.26 Å². The van der Waals surface area contributed by atoms with Crippen LogP contribution in [0.1, 0.15) is 25.5 Å². The van der Waals surface area contributed by atoms with E-state index in [0.29, 0.717) is 5.92 Å². The number of hydrogen-bond acceptors (Lipinski definition) is 4. The maximum absolute atomic E-state index is 12.6. The molecule has 1 aliphatic heterocycles. The molecule has 25 heavy (non-hydrogen) atoms. The molecule has 1 aromatic carbocycles. The van der Waals surface area contributed by atoms with Gasteiger partial charge in [-0.3, -0.25) is 4.79 Å². The van der Waals surface area contributed by atoms with E-state index in [-0.39, 0.29) is 5.91 Å². The van der Waals surface area contributed by atoms with Crippen LogP contribution >= 0.6 is 11.8 Å². The third-order valence-electron chi connectivity index (χ3n) is 4.51. The van der Waals surface area contributed by atoms with E-state index in [4.69, 9.17) is 9.15 Å². The number of carbonyl (C=O) groups excluding carboxylic acids is 1. The highest BCUT2D eigenvalue weighted by Crippen LogP contribution is 2.24. The van der Waals surface area contributed by atoms with Crippen molar-refractivity contribution >= 4 is 17.7 Å². The molecule has 1 aliphatic rings. The Kier molecular flexibility index (Phi) is 6.45. The van der Waals surface area contributed by atoms with Crippen LogP contribution in [0.2, 0.25) is 0 Å². The average Bonchev–Trinajstić information content (AvgIpc) is 3.16. The van der Waals surface area contributed by atoms with E-state index in [0.717, 1.165) is 48.9 Å². The summed E-state index contributed by atoms with van der Waals surface area (Å²) in [6, 6.07) is 13.5. The predicted octanol–water partition coefficient (Wildman–Crippen LogP) is 4.22. The van der Waals surface area contributed by atoms with Crippen LogP contribution in [0.5, 0.6) is 5.75 Å². The van der Waals surface area contributed by atoms with Gasteiger partial charge in [-0.15, -0.1) is 0 Å². The Hall–Kier alpha value is -1.88. The second-order valence-electron chi connectivity index (χ2n) is 6.44. The highest BCUT2D eigenvalue weighted by Gasteiger charge is 2.27. The second-order valence-corrected chi connectivity index (χ2v) is 7.47. The van der Waals surface area contributed by atoms with Crippen LogP contribution in [0.3, 0.4) is 0 Å². The SMILES string of the molecule is CC(Oc1ccccc1)C(=O)N1CCC(CSCc2ccco2)CC1. The fourth-order valence-electron chi connectivity index (χ4n) is 3.05. The highest BCUT2D eigenvalue weighted by molar-refractivity contribution is 7.98. The van der Waals surface area contributed by atoms with Crippen molar-refractivity contribution in [1.29, 1.82) is 0 Å². The van der Waals surface area contributed by atoms with Crippen LogP contribution in [0.4, 0.5) is 0 Å². The molecular formula is C20H25NO3S. The van der Waals surface area contributed by atoms with Crippen molar-refractivity contribution < 1.29 is 13.9 Å². The number of hydrogen-bond donors (Lipinski definition) is 0. The number of rotatable bonds is 7. The number of carbonyl (C=O) groups is 1. The van der Waals surface area contributed by atoms with Crippen LogP contribution in [-0.4, -0.2) is 35.8 Å². The summed E-state index contributed by atoms with van der Waals surface area (Å²) in [5, 5.41) is 0. The van der Waals surface area contributed by atoms with Crippen molar-refractivity contribution in [3.63, 3.8) is 0 Å². The number of thioether (sulfide) groups is 1. The summed E-state index contributed by atoms with van der Waals surface area (Å²) in [7, 11) is 0. The van der Waals surface area contributed by atoms with E-state index in [9.17, 15) is 4.79 Å². The van der Waals surface area contributed by atoms with E-state index >= 15 is 0 Å². The van der Waals surface area contributed by atoms with E-state index in [1.807, 2.05) is 66.1 Å². The molecule has 1 amide bonds. The fourth-order valence-corrected chi connectivity index (χ4v) is 4.20. The lowest BCUT2D eigenvalue weighted by molar-refractivity contribution is -0.139. The Bertz CT molecular complexity index is 636. The topological polar surface area (TPSA) is 42.7 Å². The molecule has 1 fully saturated rings. The molecule has 1 saturated heterocycles. The van der Waals surface area contributed by atoms with Crippen LogP contribution in [0.15, 0.2) is 53.1 Å². The first-order chi connectivity index (χ1) is 12.2. The van der Waals surface area contributed by atoms with Gasteiger partial charge in [-0.25, -0.2) is 0 Å². The quantitative estimate of drug-likeness (QED) is 0.742. The van der Waals surface area contributed by atoms with Gasteiger partial charge in [0.05, 0.1) is 12.0 Å². The van der Waals surface area contributed by atoms with Crippen molar-refractivity contribution in [2.24, 2.45) is 5.92 Å². The van der Waals surface area contributed by atoms with E-state index < -0.39 is 6.10 Å². The molecule has 0 bridgehead atoms. The van der Waals surface area contributed by atoms with Gasteiger partial charge in [0.15, 0.2) is 6.10 Å². The first-order valence-corrected chi connectivity index (χ1v) is 9.98. The zero-order chi connectivity index (χ0) is 17.5. The van der Waals surface area contributed by atoms with E-state index in [2.05, 4.69) is 0 Å². The molecule has 0 spiro atoms. The third-order valence-corrected chi connectivity index (χ3v) is 5.70. The molecule has 3 rings (SSSR count). The minimum absolute atomic E-state index is 0.0885. The van der Waals surface area contributed by atoms with Gasteiger partial charge in [0.25, 0.3) is 5.91 Å². The molecule has 5 heteroatoms.